The van der Waals surface area contributed by atoms with Gasteiger partial charge in [-0.25, -0.2) is 0 Å². The normalized spacial score (nSPS) is 46.7. The minimum atomic E-state index is 0.226. The molecule has 0 radical (unpaired) electrons. The van der Waals surface area contributed by atoms with Crippen LogP contribution in [-0.4, -0.2) is 23.9 Å². The van der Waals surface area contributed by atoms with Crippen LogP contribution < -0.4 is 0 Å². The third-order valence-corrected chi connectivity index (χ3v) is 11.9. The number of hydrogen-bond acceptors (Lipinski definition) is 4. The van der Waals surface area contributed by atoms with E-state index in [1.807, 2.05) is 0 Å². The summed E-state index contributed by atoms with van der Waals surface area (Å²) >= 11 is 0. The standard InChI is InChI=1S/C32H28N2O2/c1-33-25-13-7-3-4-8-14(13)26(33)22-21(25)29-17-11-19-20(12-18(17)30(22)35-29)32-24-23(31(19)36-32)27-15-9-5-6-10-16(15)28(24)34(27)2/h3-12,21-32H,1-2H3/t21-,22-,23-,24+,25+,26+,27-,28-,29-,30-,31+,32+/m0/s1. The van der Waals surface area contributed by atoms with E-state index >= 15 is 0 Å². The first-order valence-corrected chi connectivity index (χ1v) is 13.8. The summed E-state index contributed by atoms with van der Waals surface area (Å²) in [6, 6.07) is 25.3. The molecule has 0 unspecified atom stereocenters. The van der Waals surface area contributed by atoms with Crippen LogP contribution in [0.25, 0.3) is 0 Å². The van der Waals surface area contributed by atoms with Crippen LogP contribution in [-0.2, 0) is 9.47 Å². The van der Waals surface area contributed by atoms with Crippen molar-refractivity contribution in [3.63, 3.8) is 0 Å². The summed E-state index contributed by atoms with van der Waals surface area (Å²) in [6.07, 6.45) is 0.905. The van der Waals surface area contributed by atoms with Gasteiger partial charge in [-0.15, -0.1) is 0 Å². The van der Waals surface area contributed by atoms with Gasteiger partial charge in [0.25, 0.3) is 0 Å². The second-order valence-electron chi connectivity index (χ2n) is 12.7. The van der Waals surface area contributed by atoms with Gasteiger partial charge in [0.05, 0.1) is 24.4 Å². The molecule has 178 valence electrons. The van der Waals surface area contributed by atoms with Crippen molar-refractivity contribution in [2.75, 3.05) is 14.1 Å². The van der Waals surface area contributed by atoms with Crippen LogP contribution in [0.2, 0.25) is 0 Å². The number of ether oxygens (including phenoxy) is 2. The van der Waals surface area contributed by atoms with Gasteiger partial charge in [-0.1, -0.05) is 48.5 Å². The van der Waals surface area contributed by atoms with Crippen LogP contribution in [0.5, 0.6) is 0 Å². The molecule has 8 aliphatic rings. The molecule has 11 rings (SSSR count). The zero-order chi connectivity index (χ0) is 23.2. The molecule has 8 bridgehead atoms. The Bertz CT molecular complexity index is 1330. The van der Waals surface area contributed by atoms with Crippen LogP contribution in [0, 0.1) is 23.7 Å². The fourth-order valence-electron chi connectivity index (χ4n) is 11.0. The molecule has 0 spiro atoms. The fourth-order valence-corrected chi connectivity index (χ4v) is 11.0. The first kappa shape index (κ1) is 18.7. The molecule has 4 fully saturated rings. The highest BCUT2D eigenvalue weighted by atomic mass is 16.5. The van der Waals surface area contributed by atoms with E-state index in [1.54, 1.807) is 22.3 Å². The Kier molecular flexibility index (Phi) is 2.94. The molecule has 8 aliphatic heterocycles. The molecule has 0 N–H and O–H groups in total. The lowest BCUT2D eigenvalue weighted by molar-refractivity contribution is 0.0217. The molecule has 12 atom stereocenters. The maximum atomic E-state index is 6.88. The van der Waals surface area contributed by atoms with Crippen molar-refractivity contribution in [2.45, 2.75) is 48.6 Å². The van der Waals surface area contributed by atoms with Crippen molar-refractivity contribution in [1.29, 1.82) is 0 Å². The average Bonchev–Trinajstić information content (AvgIpc) is 3.75. The van der Waals surface area contributed by atoms with E-state index in [4.69, 9.17) is 9.47 Å². The van der Waals surface area contributed by atoms with Gasteiger partial charge in [-0.2, -0.15) is 0 Å². The highest BCUT2D eigenvalue weighted by Crippen LogP contribution is 2.76. The predicted molar refractivity (Wildman–Crippen MR) is 133 cm³/mol. The molecule has 3 aromatic rings. The Morgan fingerprint density at radius 3 is 1.00 bits per heavy atom. The van der Waals surface area contributed by atoms with E-state index < -0.39 is 0 Å². The maximum Gasteiger partial charge on any atom is 0.0888 e. The monoisotopic (exact) mass is 472 g/mol. The molecule has 4 saturated heterocycles. The van der Waals surface area contributed by atoms with E-state index in [0.29, 0.717) is 47.8 Å². The first-order chi connectivity index (χ1) is 17.7. The lowest BCUT2D eigenvalue weighted by Crippen LogP contribution is -2.29. The lowest BCUT2D eigenvalue weighted by atomic mass is 9.64. The Morgan fingerprint density at radius 2 is 0.722 bits per heavy atom. The molecule has 8 heterocycles. The SMILES string of the molecule is CN1[C@@H]2c3ccccc3[C@@H]1[C@@H]1[C@@H]2[C@H]2O[C@H]1c1cc3c(cc12)[C@H]1O[C@H]3[C@@H]2[C@H]1[C@@H]1c3ccccc3[C@@H]2N1C. The van der Waals surface area contributed by atoms with E-state index in [1.165, 1.54) is 22.3 Å². The van der Waals surface area contributed by atoms with Crippen molar-refractivity contribution in [2.24, 2.45) is 23.7 Å². The summed E-state index contributed by atoms with van der Waals surface area (Å²) < 4.78 is 13.8. The van der Waals surface area contributed by atoms with Gasteiger partial charge in [0.1, 0.15) is 0 Å². The Labute approximate surface area is 210 Å². The second-order valence-corrected chi connectivity index (χ2v) is 12.7. The maximum absolute atomic E-state index is 6.88. The van der Waals surface area contributed by atoms with Gasteiger partial charge < -0.3 is 9.47 Å². The zero-order valence-electron chi connectivity index (χ0n) is 20.4. The molecule has 0 aromatic heterocycles. The summed E-state index contributed by atoms with van der Waals surface area (Å²) in [5.74, 6) is 2.27. The smallest absolute Gasteiger partial charge is 0.0888 e. The van der Waals surface area contributed by atoms with Crippen LogP contribution in [0.1, 0.15) is 93.1 Å². The van der Waals surface area contributed by atoms with Crippen molar-refractivity contribution < 1.29 is 9.47 Å². The highest BCUT2D eigenvalue weighted by molar-refractivity contribution is 5.56. The molecular formula is C32H28N2O2. The predicted octanol–water partition coefficient (Wildman–Crippen LogP) is 5.89. The summed E-state index contributed by atoms with van der Waals surface area (Å²) in [5, 5.41) is 0. The van der Waals surface area contributed by atoms with Gasteiger partial charge in [-0.3, -0.25) is 9.80 Å². The summed E-state index contributed by atoms with van der Waals surface area (Å²) in [6.45, 7) is 0. The van der Waals surface area contributed by atoms with Crippen molar-refractivity contribution in [3.8, 4) is 0 Å². The number of hydrogen-bond donors (Lipinski definition) is 0. The van der Waals surface area contributed by atoms with Gasteiger partial charge in [-0.05, 0) is 70.7 Å². The quantitative estimate of drug-likeness (QED) is 0.408. The fraction of sp³-hybridized carbons (Fsp3) is 0.438. The number of nitrogens with zero attached hydrogens (tertiary/aromatic N) is 2. The molecule has 4 nitrogen and oxygen atoms in total. The molecular weight excluding hydrogens is 444 g/mol. The molecule has 4 heteroatoms. The average molecular weight is 473 g/mol. The lowest BCUT2D eigenvalue weighted by Gasteiger charge is -2.35. The summed E-state index contributed by atoms with van der Waals surface area (Å²) in [4.78, 5) is 5.31. The molecule has 36 heavy (non-hydrogen) atoms. The summed E-state index contributed by atoms with van der Waals surface area (Å²) in [7, 11) is 4.69. The van der Waals surface area contributed by atoms with Gasteiger partial charge in [0.15, 0.2) is 0 Å². The largest absolute Gasteiger partial charge is 0.365 e. The number of fused-ring (bicyclic) bond motifs is 30. The van der Waals surface area contributed by atoms with Gasteiger partial charge >= 0.3 is 0 Å². The Hall–Kier alpha value is -2.50. The van der Waals surface area contributed by atoms with Crippen LogP contribution in [0.4, 0.5) is 0 Å². The van der Waals surface area contributed by atoms with Crippen LogP contribution >= 0.6 is 0 Å². The zero-order valence-corrected chi connectivity index (χ0v) is 20.4. The Morgan fingerprint density at radius 1 is 0.444 bits per heavy atom. The summed E-state index contributed by atoms with van der Waals surface area (Å²) in [5.41, 5.74) is 12.1. The Balaban J connectivity index is 1.05. The van der Waals surface area contributed by atoms with Gasteiger partial charge in [0, 0.05) is 47.8 Å². The van der Waals surface area contributed by atoms with E-state index in [2.05, 4.69) is 84.6 Å². The minimum absolute atomic E-state index is 0.226. The topological polar surface area (TPSA) is 24.9 Å². The third-order valence-electron chi connectivity index (χ3n) is 11.9. The molecule has 0 aliphatic carbocycles. The van der Waals surface area contributed by atoms with Crippen molar-refractivity contribution >= 4 is 0 Å². The van der Waals surface area contributed by atoms with E-state index in [9.17, 15) is 0 Å². The molecule has 0 amide bonds. The third kappa shape index (κ3) is 1.69. The van der Waals surface area contributed by atoms with Gasteiger partial charge in [0.2, 0.25) is 0 Å². The van der Waals surface area contributed by atoms with E-state index in [-0.39, 0.29) is 24.4 Å². The molecule has 0 saturated carbocycles. The van der Waals surface area contributed by atoms with Crippen molar-refractivity contribution in [1.82, 2.24) is 9.80 Å². The second kappa shape index (κ2) is 5.66. The number of rotatable bonds is 0. The highest BCUT2D eigenvalue weighted by Gasteiger charge is 2.69. The molecule has 3 aromatic carbocycles. The first-order valence-electron chi connectivity index (χ1n) is 13.8. The van der Waals surface area contributed by atoms with Crippen molar-refractivity contribution in [3.05, 3.63) is 105 Å². The van der Waals surface area contributed by atoms with Crippen LogP contribution in [0.15, 0.2) is 60.7 Å². The van der Waals surface area contributed by atoms with E-state index in [0.717, 1.165) is 0 Å². The number of benzene rings is 3. The minimum Gasteiger partial charge on any atom is -0.365 e. The van der Waals surface area contributed by atoms with Crippen LogP contribution in [0.3, 0.4) is 0 Å².